The van der Waals surface area contributed by atoms with Crippen molar-refractivity contribution in [3.63, 3.8) is 0 Å². The van der Waals surface area contributed by atoms with Crippen molar-refractivity contribution in [3.05, 3.63) is 47.6 Å². The third-order valence-electron chi connectivity index (χ3n) is 4.63. The lowest BCUT2D eigenvalue weighted by molar-refractivity contribution is 0.285. The SMILES string of the molecule is C[C@H]1CN(C)Cc2c1nc(N)c(C#N)c2-c1cnc(-c2ccco2)nc1. The molecule has 1 atom stereocenters. The number of nitrogens with two attached hydrogens (primary N) is 1. The third kappa shape index (κ3) is 2.61. The first-order valence-electron chi connectivity index (χ1n) is 8.35. The van der Waals surface area contributed by atoms with Crippen LogP contribution in [-0.4, -0.2) is 33.4 Å². The molecular weight excluding hydrogens is 328 g/mol. The Balaban J connectivity index is 1.89. The minimum atomic E-state index is 0.237. The van der Waals surface area contributed by atoms with E-state index < -0.39 is 0 Å². The van der Waals surface area contributed by atoms with Gasteiger partial charge in [0, 0.05) is 42.5 Å². The number of furan rings is 1. The monoisotopic (exact) mass is 346 g/mol. The second-order valence-corrected chi connectivity index (χ2v) is 6.59. The molecule has 0 amide bonds. The van der Waals surface area contributed by atoms with Gasteiger partial charge in [0.15, 0.2) is 11.6 Å². The highest BCUT2D eigenvalue weighted by Gasteiger charge is 2.28. The fourth-order valence-electron chi connectivity index (χ4n) is 3.54. The van der Waals surface area contributed by atoms with Crippen LogP contribution in [0.15, 0.2) is 35.2 Å². The lowest BCUT2D eigenvalue weighted by Gasteiger charge is -2.31. The lowest BCUT2D eigenvalue weighted by atomic mass is 9.88. The van der Waals surface area contributed by atoms with Gasteiger partial charge in [0.1, 0.15) is 17.5 Å². The highest BCUT2D eigenvalue weighted by Crippen LogP contribution is 2.37. The number of pyridine rings is 1. The fraction of sp³-hybridized carbons (Fsp3) is 0.263. The molecule has 0 radical (unpaired) electrons. The molecule has 0 aliphatic carbocycles. The zero-order valence-corrected chi connectivity index (χ0v) is 14.6. The molecule has 3 aromatic heterocycles. The number of nitriles is 1. The van der Waals surface area contributed by atoms with Gasteiger partial charge in [0.2, 0.25) is 0 Å². The smallest absolute Gasteiger partial charge is 0.195 e. The maximum atomic E-state index is 9.66. The molecule has 0 saturated heterocycles. The number of hydrogen-bond acceptors (Lipinski definition) is 7. The Morgan fingerprint density at radius 3 is 2.77 bits per heavy atom. The molecule has 0 unspecified atom stereocenters. The van der Waals surface area contributed by atoms with E-state index in [-0.39, 0.29) is 11.7 Å². The molecule has 0 aromatic carbocycles. The predicted octanol–water partition coefficient (Wildman–Crippen LogP) is 2.80. The number of rotatable bonds is 2. The number of aromatic nitrogens is 3. The van der Waals surface area contributed by atoms with E-state index in [2.05, 4.69) is 39.9 Å². The molecule has 4 rings (SSSR count). The van der Waals surface area contributed by atoms with Crippen molar-refractivity contribution in [1.29, 1.82) is 5.26 Å². The summed E-state index contributed by atoms with van der Waals surface area (Å²) in [7, 11) is 2.06. The van der Waals surface area contributed by atoms with Crippen LogP contribution in [0, 0.1) is 11.3 Å². The van der Waals surface area contributed by atoms with Crippen LogP contribution in [0.25, 0.3) is 22.7 Å². The maximum absolute atomic E-state index is 9.66. The molecule has 0 bridgehead atoms. The molecule has 0 saturated carbocycles. The van der Waals surface area contributed by atoms with Crippen molar-refractivity contribution < 1.29 is 4.42 Å². The van der Waals surface area contributed by atoms with Crippen LogP contribution in [0.4, 0.5) is 5.82 Å². The average Bonchev–Trinajstić information content (AvgIpc) is 3.16. The van der Waals surface area contributed by atoms with Gasteiger partial charge in [-0.3, -0.25) is 0 Å². The summed E-state index contributed by atoms with van der Waals surface area (Å²) in [6.45, 7) is 3.73. The molecule has 1 aliphatic rings. The Labute approximate surface area is 151 Å². The Kier molecular flexibility index (Phi) is 3.90. The molecule has 0 spiro atoms. The molecule has 0 fully saturated rings. The van der Waals surface area contributed by atoms with E-state index in [1.165, 1.54) is 0 Å². The summed E-state index contributed by atoms with van der Waals surface area (Å²) in [6, 6.07) is 5.80. The minimum absolute atomic E-state index is 0.237. The van der Waals surface area contributed by atoms with Crippen LogP contribution >= 0.6 is 0 Å². The van der Waals surface area contributed by atoms with E-state index in [1.807, 2.05) is 0 Å². The zero-order valence-electron chi connectivity index (χ0n) is 14.6. The largest absolute Gasteiger partial charge is 0.461 e. The minimum Gasteiger partial charge on any atom is -0.461 e. The molecule has 1 aliphatic heterocycles. The molecule has 3 aromatic rings. The Morgan fingerprint density at radius 2 is 2.12 bits per heavy atom. The Hall–Kier alpha value is -3.24. The van der Waals surface area contributed by atoms with Gasteiger partial charge in [-0.1, -0.05) is 6.92 Å². The van der Waals surface area contributed by atoms with Crippen LogP contribution in [-0.2, 0) is 6.54 Å². The Bertz CT molecular complexity index is 988. The van der Waals surface area contributed by atoms with Gasteiger partial charge in [-0.25, -0.2) is 15.0 Å². The van der Waals surface area contributed by atoms with Gasteiger partial charge in [-0.05, 0) is 24.7 Å². The molecule has 2 N–H and O–H groups in total. The van der Waals surface area contributed by atoms with Crippen molar-refractivity contribution >= 4 is 5.82 Å². The van der Waals surface area contributed by atoms with E-state index in [4.69, 9.17) is 10.2 Å². The van der Waals surface area contributed by atoms with Crippen molar-refractivity contribution in [3.8, 4) is 28.8 Å². The van der Waals surface area contributed by atoms with E-state index in [1.54, 1.807) is 30.8 Å². The summed E-state index contributed by atoms with van der Waals surface area (Å²) in [5, 5.41) is 9.66. The zero-order chi connectivity index (χ0) is 18.3. The standard InChI is InChI=1S/C19H18N6O/c1-11-9-25(2)10-14-16(13(6-20)18(21)24-17(11)14)12-7-22-19(23-8-12)15-4-3-5-26-15/h3-5,7-8,11H,9-10H2,1-2H3,(H2,21,24)/t11-/m0/s1. The predicted molar refractivity (Wildman–Crippen MR) is 96.8 cm³/mol. The summed E-state index contributed by atoms with van der Waals surface area (Å²) in [5.41, 5.74) is 9.97. The van der Waals surface area contributed by atoms with Crippen LogP contribution in [0.5, 0.6) is 0 Å². The van der Waals surface area contributed by atoms with Crippen LogP contribution in [0.3, 0.4) is 0 Å². The van der Waals surface area contributed by atoms with Gasteiger partial charge < -0.3 is 15.1 Å². The van der Waals surface area contributed by atoms with Crippen molar-refractivity contribution in [1.82, 2.24) is 19.9 Å². The average molecular weight is 346 g/mol. The van der Waals surface area contributed by atoms with Gasteiger partial charge in [0.05, 0.1) is 12.0 Å². The molecule has 26 heavy (non-hydrogen) atoms. The number of fused-ring (bicyclic) bond motifs is 1. The van der Waals surface area contributed by atoms with Crippen LogP contribution in [0.1, 0.15) is 29.7 Å². The third-order valence-corrected chi connectivity index (χ3v) is 4.63. The van der Waals surface area contributed by atoms with Gasteiger partial charge >= 0.3 is 0 Å². The Morgan fingerprint density at radius 1 is 1.35 bits per heavy atom. The molecular formula is C19H18N6O. The molecule has 7 nitrogen and oxygen atoms in total. The molecule has 4 heterocycles. The van der Waals surface area contributed by atoms with E-state index in [9.17, 15) is 5.26 Å². The normalized spacial score (nSPS) is 16.9. The summed E-state index contributed by atoms with van der Waals surface area (Å²) >= 11 is 0. The lowest BCUT2D eigenvalue weighted by Crippen LogP contribution is -2.31. The first-order valence-corrected chi connectivity index (χ1v) is 8.35. The number of nitrogens with zero attached hydrogens (tertiary/aromatic N) is 5. The summed E-state index contributed by atoms with van der Waals surface area (Å²) < 4.78 is 5.33. The number of likely N-dealkylation sites (N-methyl/N-ethyl adjacent to an activating group) is 1. The van der Waals surface area contributed by atoms with Crippen LogP contribution < -0.4 is 5.73 Å². The number of hydrogen-bond donors (Lipinski definition) is 1. The van der Waals surface area contributed by atoms with Gasteiger partial charge in [-0.15, -0.1) is 0 Å². The van der Waals surface area contributed by atoms with E-state index in [0.29, 0.717) is 23.7 Å². The summed E-state index contributed by atoms with van der Waals surface area (Å²) in [5.74, 6) is 1.59. The maximum Gasteiger partial charge on any atom is 0.195 e. The molecule has 130 valence electrons. The van der Waals surface area contributed by atoms with Crippen molar-refractivity contribution in [2.75, 3.05) is 19.3 Å². The quantitative estimate of drug-likeness (QED) is 0.760. The number of anilines is 1. The molecule has 7 heteroatoms. The second-order valence-electron chi connectivity index (χ2n) is 6.59. The van der Waals surface area contributed by atoms with E-state index in [0.717, 1.165) is 28.9 Å². The fourth-order valence-corrected chi connectivity index (χ4v) is 3.54. The van der Waals surface area contributed by atoms with Crippen LogP contribution in [0.2, 0.25) is 0 Å². The summed E-state index contributed by atoms with van der Waals surface area (Å²) in [6.07, 6.45) is 5.00. The number of nitrogen functional groups attached to an aromatic ring is 1. The highest BCUT2D eigenvalue weighted by atomic mass is 16.3. The highest BCUT2D eigenvalue weighted by molar-refractivity contribution is 5.79. The van der Waals surface area contributed by atoms with Gasteiger partial charge in [-0.2, -0.15) is 5.26 Å². The van der Waals surface area contributed by atoms with Gasteiger partial charge in [0.25, 0.3) is 0 Å². The topological polar surface area (TPSA) is 105 Å². The first-order chi connectivity index (χ1) is 12.6. The van der Waals surface area contributed by atoms with E-state index >= 15 is 0 Å². The first kappa shape index (κ1) is 16.2. The summed E-state index contributed by atoms with van der Waals surface area (Å²) in [4.78, 5) is 15.5. The van der Waals surface area contributed by atoms with Crippen molar-refractivity contribution in [2.45, 2.75) is 19.4 Å². The second kappa shape index (κ2) is 6.24. The van der Waals surface area contributed by atoms with Crippen molar-refractivity contribution in [2.24, 2.45) is 0 Å².